The minimum atomic E-state index is -2.75. The van der Waals surface area contributed by atoms with Crippen molar-refractivity contribution >= 4 is 6.09 Å². The van der Waals surface area contributed by atoms with Crippen LogP contribution in [0.25, 0.3) is 0 Å². The van der Waals surface area contributed by atoms with E-state index in [1.165, 1.54) is 4.90 Å². The number of nitrogens with zero attached hydrogens (tertiary/aromatic N) is 1. The minimum absolute atomic E-state index is 0.0165. The van der Waals surface area contributed by atoms with Crippen molar-refractivity contribution in [1.82, 2.24) is 4.90 Å². The van der Waals surface area contributed by atoms with Crippen molar-refractivity contribution in [3.63, 3.8) is 0 Å². The molecule has 2 fully saturated rings. The lowest BCUT2D eigenvalue weighted by Gasteiger charge is -2.27. The monoisotopic (exact) mass is 309 g/mol. The van der Waals surface area contributed by atoms with Crippen molar-refractivity contribution in [2.75, 3.05) is 13.1 Å². The molecule has 0 spiro atoms. The van der Waals surface area contributed by atoms with Gasteiger partial charge in [0.1, 0.15) is 5.60 Å². The zero-order valence-electron chi connectivity index (χ0n) is 13.3. The fourth-order valence-electron chi connectivity index (χ4n) is 3.41. The summed E-state index contributed by atoms with van der Waals surface area (Å²) in [5.41, 5.74) is -0.220. The smallest absolute Gasteiger partial charge is 0.410 e. The molecule has 1 saturated carbocycles. The summed E-state index contributed by atoms with van der Waals surface area (Å²) in [4.78, 5) is 13.5. The lowest BCUT2D eigenvalue weighted by molar-refractivity contribution is 0.00875. The second kappa shape index (κ2) is 4.43. The van der Waals surface area contributed by atoms with Crippen molar-refractivity contribution in [2.45, 2.75) is 44.6 Å². The van der Waals surface area contributed by atoms with E-state index < -0.39 is 28.9 Å². The summed E-state index contributed by atoms with van der Waals surface area (Å²) in [5, 5.41) is 0. The Bertz CT molecular complexity index is 606. The Morgan fingerprint density at radius 1 is 1.27 bits per heavy atom. The Hall–Kier alpha value is -1.65. The second-order valence-corrected chi connectivity index (χ2v) is 7.37. The molecule has 1 saturated heterocycles. The third kappa shape index (κ3) is 2.09. The first-order valence-electron chi connectivity index (χ1n) is 7.51. The van der Waals surface area contributed by atoms with Crippen LogP contribution in [-0.2, 0) is 10.2 Å². The van der Waals surface area contributed by atoms with Crippen LogP contribution in [0.2, 0.25) is 0 Å². The summed E-state index contributed by atoms with van der Waals surface area (Å²) in [7, 11) is 0. The standard InChI is InChI=1S/C17H21F2NO2/c1-11-5-7-12(8-6-11)16-10-20(9-13(16)17(16,18)19)14(21)22-15(2,3)4/h5-8,13H,9-10H2,1-4H3. The van der Waals surface area contributed by atoms with Gasteiger partial charge in [0.05, 0.1) is 11.3 Å². The number of alkyl halides is 2. The molecule has 1 heterocycles. The van der Waals surface area contributed by atoms with Gasteiger partial charge in [0, 0.05) is 13.1 Å². The van der Waals surface area contributed by atoms with Gasteiger partial charge in [0.15, 0.2) is 0 Å². The minimum Gasteiger partial charge on any atom is -0.444 e. The first-order chi connectivity index (χ1) is 10.1. The van der Waals surface area contributed by atoms with Crippen LogP contribution in [0.4, 0.5) is 13.6 Å². The molecule has 1 aliphatic heterocycles. The Labute approximate surface area is 129 Å². The van der Waals surface area contributed by atoms with E-state index in [0.29, 0.717) is 5.56 Å². The molecule has 3 rings (SSSR count). The Kier molecular flexibility index (Phi) is 3.07. The summed E-state index contributed by atoms with van der Waals surface area (Å²) in [6.45, 7) is 7.30. The molecular weight excluding hydrogens is 288 g/mol. The number of halogens is 2. The van der Waals surface area contributed by atoms with Crippen LogP contribution in [0.5, 0.6) is 0 Å². The summed E-state index contributed by atoms with van der Waals surface area (Å²) in [5.74, 6) is -3.56. The molecule has 1 aromatic rings. The number of hydrogen-bond acceptors (Lipinski definition) is 2. The fraction of sp³-hybridized carbons (Fsp3) is 0.588. The number of rotatable bonds is 1. The number of carbonyl (C=O) groups excluding carboxylic acids is 1. The van der Waals surface area contributed by atoms with Crippen molar-refractivity contribution in [3.8, 4) is 0 Å². The van der Waals surface area contributed by atoms with Gasteiger partial charge in [-0.1, -0.05) is 29.8 Å². The number of likely N-dealkylation sites (tertiary alicyclic amines) is 1. The molecule has 1 aromatic carbocycles. The van der Waals surface area contributed by atoms with Crippen LogP contribution < -0.4 is 0 Å². The van der Waals surface area contributed by atoms with E-state index in [9.17, 15) is 13.6 Å². The third-order valence-corrected chi connectivity index (χ3v) is 4.61. The maximum absolute atomic E-state index is 14.3. The van der Waals surface area contributed by atoms with Crippen molar-refractivity contribution < 1.29 is 18.3 Å². The number of hydrogen-bond donors (Lipinski definition) is 0. The highest BCUT2D eigenvalue weighted by atomic mass is 19.3. The van der Waals surface area contributed by atoms with E-state index in [4.69, 9.17) is 4.74 Å². The maximum Gasteiger partial charge on any atom is 0.410 e. The highest BCUT2D eigenvalue weighted by Crippen LogP contribution is 2.70. The molecule has 1 amide bonds. The summed E-state index contributed by atoms with van der Waals surface area (Å²) in [6, 6.07) is 7.18. The topological polar surface area (TPSA) is 29.5 Å². The van der Waals surface area contributed by atoms with Gasteiger partial charge in [-0.15, -0.1) is 0 Å². The van der Waals surface area contributed by atoms with Gasteiger partial charge in [-0.3, -0.25) is 0 Å². The van der Waals surface area contributed by atoms with Crippen LogP contribution >= 0.6 is 0 Å². The predicted molar refractivity (Wildman–Crippen MR) is 79.1 cm³/mol. The highest BCUT2D eigenvalue weighted by Gasteiger charge is 2.84. The molecule has 2 unspecified atom stereocenters. The SMILES string of the molecule is Cc1ccc(C23CN(C(=O)OC(C)(C)C)CC2C3(F)F)cc1. The number of benzene rings is 1. The Morgan fingerprint density at radius 3 is 2.41 bits per heavy atom. The maximum atomic E-state index is 14.3. The highest BCUT2D eigenvalue weighted by molar-refractivity contribution is 5.70. The quantitative estimate of drug-likeness (QED) is 0.791. The molecule has 3 nitrogen and oxygen atoms in total. The van der Waals surface area contributed by atoms with Gasteiger partial charge >= 0.3 is 6.09 Å². The zero-order valence-corrected chi connectivity index (χ0v) is 13.3. The average Bonchev–Trinajstić information content (AvgIpc) is 2.74. The van der Waals surface area contributed by atoms with E-state index in [1.54, 1.807) is 32.9 Å². The summed E-state index contributed by atoms with van der Waals surface area (Å²) < 4.78 is 33.9. The number of carbonyl (C=O) groups is 1. The van der Waals surface area contributed by atoms with Gasteiger partial charge in [-0.05, 0) is 33.3 Å². The zero-order chi connectivity index (χ0) is 16.3. The van der Waals surface area contributed by atoms with E-state index in [-0.39, 0.29) is 13.1 Å². The van der Waals surface area contributed by atoms with Crippen LogP contribution in [0.3, 0.4) is 0 Å². The van der Waals surface area contributed by atoms with Gasteiger partial charge in [0.25, 0.3) is 5.92 Å². The van der Waals surface area contributed by atoms with Crippen LogP contribution in [-0.4, -0.2) is 35.6 Å². The van der Waals surface area contributed by atoms with Gasteiger partial charge in [0.2, 0.25) is 0 Å². The molecule has 0 aromatic heterocycles. The third-order valence-electron chi connectivity index (χ3n) is 4.61. The summed E-state index contributed by atoms with van der Waals surface area (Å²) in [6.07, 6.45) is -0.512. The Morgan fingerprint density at radius 2 is 1.86 bits per heavy atom. The molecule has 0 radical (unpaired) electrons. The fourth-order valence-corrected chi connectivity index (χ4v) is 3.41. The van der Waals surface area contributed by atoms with E-state index >= 15 is 0 Å². The van der Waals surface area contributed by atoms with Crippen molar-refractivity contribution in [1.29, 1.82) is 0 Å². The number of piperidine rings is 1. The number of amides is 1. The van der Waals surface area contributed by atoms with E-state index in [0.717, 1.165) is 5.56 Å². The van der Waals surface area contributed by atoms with E-state index in [2.05, 4.69) is 0 Å². The molecule has 1 aliphatic carbocycles. The predicted octanol–water partition coefficient (Wildman–Crippen LogP) is 3.75. The molecule has 2 aliphatic rings. The second-order valence-electron chi connectivity index (χ2n) is 7.37. The van der Waals surface area contributed by atoms with Gasteiger partial charge in [-0.2, -0.15) is 0 Å². The normalized spacial score (nSPS) is 29.2. The molecule has 5 heteroatoms. The number of fused-ring (bicyclic) bond motifs is 1. The van der Waals surface area contributed by atoms with Crippen LogP contribution in [0.1, 0.15) is 31.9 Å². The molecular formula is C17H21F2NO2. The average molecular weight is 309 g/mol. The summed E-state index contributed by atoms with van der Waals surface area (Å²) >= 11 is 0. The van der Waals surface area contributed by atoms with Crippen LogP contribution in [0.15, 0.2) is 24.3 Å². The number of aryl methyl sites for hydroxylation is 1. The van der Waals surface area contributed by atoms with Crippen molar-refractivity contribution in [2.24, 2.45) is 5.92 Å². The first kappa shape index (κ1) is 15.3. The van der Waals surface area contributed by atoms with Gasteiger partial charge in [-0.25, -0.2) is 13.6 Å². The molecule has 0 N–H and O–H groups in total. The van der Waals surface area contributed by atoms with Crippen molar-refractivity contribution in [3.05, 3.63) is 35.4 Å². The lowest BCUT2D eigenvalue weighted by atomic mass is 9.93. The Balaban J connectivity index is 1.83. The number of ether oxygens (including phenoxy) is 1. The first-order valence-corrected chi connectivity index (χ1v) is 7.51. The molecule has 22 heavy (non-hydrogen) atoms. The van der Waals surface area contributed by atoms with Gasteiger partial charge < -0.3 is 9.64 Å². The molecule has 2 atom stereocenters. The van der Waals surface area contributed by atoms with E-state index in [1.807, 2.05) is 19.1 Å². The lowest BCUT2D eigenvalue weighted by Crippen LogP contribution is -2.40. The molecule has 120 valence electrons. The molecule has 0 bridgehead atoms. The largest absolute Gasteiger partial charge is 0.444 e. The van der Waals surface area contributed by atoms with Crippen LogP contribution in [0, 0.1) is 12.8 Å².